The molecule has 1 aliphatic rings. The molecule has 0 bridgehead atoms. The Balaban J connectivity index is 2.08. The van der Waals surface area contributed by atoms with Gasteiger partial charge in [0.05, 0.1) is 5.69 Å². The summed E-state index contributed by atoms with van der Waals surface area (Å²) in [5.41, 5.74) is 1.07. The number of hydrogen-bond donors (Lipinski definition) is 1. The second-order valence-corrected chi connectivity index (χ2v) is 5.52. The molecule has 0 aliphatic carbocycles. The van der Waals surface area contributed by atoms with Gasteiger partial charge >= 0.3 is 0 Å². The Kier molecular flexibility index (Phi) is 4.75. The Morgan fingerprint density at radius 2 is 1.94 bits per heavy atom. The fourth-order valence-corrected chi connectivity index (χ4v) is 2.46. The Morgan fingerprint density at radius 3 is 2.61 bits per heavy atom. The van der Waals surface area contributed by atoms with E-state index < -0.39 is 0 Å². The average Bonchev–Trinajstić information content (AvgIpc) is 2.37. The maximum Gasteiger partial charge on any atom is 0.163 e. The van der Waals surface area contributed by atoms with E-state index in [9.17, 15) is 0 Å². The van der Waals surface area contributed by atoms with Gasteiger partial charge in [-0.15, -0.1) is 0 Å². The highest BCUT2D eigenvalue weighted by Gasteiger charge is 2.15. The van der Waals surface area contributed by atoms with Crippen molar-refractivity contribution >= 4 is 21.6 Å². The summed E-state index contributed by atoms with van der Waals surface area (Å²) < 4.78 is 12.2. The van der Waals surface area contributed by atoms with Crippen molar-refractivity contribution in [3.8, 4) is 11.5 Å². The van der Waals surface area contributed by atoms with Crippen LogP contribution < -0.4 is 14.8 Å². The van der Waals surface area contributed by atoms with Gasteiger partial charge in [0, 0.05) is 22.6 Å². The molecule has 100 valence electrons. The van der Waals surface area contributed by atoms with Gasteiger partial charge in [-0.3, -0.25) is 0 Å². The van der Waals surface area contributed by atoms with Gasteiger partial charge in [0.1, 0.15) is 13.2 Å². The first kappa shape index (κ1) is 13.5. The van der Waals surface area contributed by atoms with E-state index in [4.69, 9.17) is 9.47 Å². The first-order valence-corrected chi connectivity index (χ1v) is 7.35. The average molecular weight is 314 g/mol. The highest BCUT2D eigenvalue weighted by Crippen LogP contribution is 2.38. The molecule has 3 nitrogen and oxygen atoms in total. The van der Waals surface area contributed by atoms with Crippen LogP contribution in [0.25, 0.3) is 0 Å². The van der Waals surface area contributed by atoms with Crippen LogP contribution in [0.3, 0.4) is 0 Å². The van der Waals surface area contributed by atoms with Crippen molar-refractivity contribution in [3.63, 3.8) is 0 Å². The van der Waals surface area contributed by atoms with Crippen LogP contribution in [0.1, 0.15) is 33.1 Å². The summed E-state index contributed by atoms with van der Waals surface area (Å²) >= 11 is 3.57. The van der Waals surface area contributed by atoms with Gasteiger partial charge in [-0.1, -0.05) is 19.8 Å². The van der Waals surface area contributed by atoms with Crippen molar-refractivity contribution in [2.45, 2.75) is 39.2 Å². The molecule has 0 aromatic heterocycles. The molecule has 1 aliphatic heterocycles. The number of hydrogen-bond acceptors (Lipinski definition) is 3. The number of unbranched alkanes of at least 4 members (excludes halogenated alkanes) is 1. The van der Waals surface area contributed by atoms with Gasteiger partial charge in [0.25, 0.3) is 0 Å². The molecule has 1 heterocycles. The number of anilines is 1. The molecule has 0 saturated carbocycles. The van der Waals surface area contributed by atoms with Crippen molar-refractivity contribution in [3.05, 3.63) is 16.6 Å². The second-order valence-electron chi connectivity index (χ2n) is 4.66. The lowest BCUT2D eigenvalue weighted by Gasteiger charge is -2.22. The summed E-state index contributed by atoms with van der Waals surface area (Å²) in [7, 11) is 0. The number of ether oxygens (including phenoxy) is 2. The maximum atomic E-state index is 5.60. The summed E-state index contributed by atoms with van der Waals surface area (Å²) in [6.45, 7) is 5.67. The molecule has 1 atom stereocenters. The zero-order chi connectivity index (χ0) is 13.0. The normalized spacial score (nSPS) is 15.3. The Morgan fingerprint density at radius 1 is 1.28 bits per heavy atom. The Labute approximate surface area is 117 Å². The summed E-state index contributed by atoms with van der Waals surface area (Å²) in [6, 6.07) is 4.45. The predicted molar refractivity (Wildman–Crippen MR) is 77.7 cm³/mol. The minimum absolute atomic E-state index is 0.462. The van der Waals surface area contributed by atoms with Crippen molar-refractivity contribution < 1.29 is 9.47 Å². The van der Waals surface area contributed by atoms with E-state index in [1.54, 1.807) is 0 Å². The van der Waals surface area contributed by atoms with Crippen LogP contribution in [0, 0.1) is 0 Å². The number of fused-ring (bicyclic) bond motifs is 1. The largest absolute Gasteiger partial charge is 0.486 e. The van der Waals surface area contributed by atoms with Crippen molar-refractivity contribution in [1.29, 1.82) is 0 Å². The smallest absolute Gasteiger partial charge is 0.163 e. The fraction of sp³-hybridized carbons (Fsp3) is 0.571. The molecule has 1 aromatic carbocycles. The lowest BCUT2D eigenvalue weighted by molar-refractivity contribution is 0.171. The molecular formula is C14H20BrNO2. The van der Waals surface area contributed by atoms with E-state index in [-0.39, 0.29) is 0 Å². The van der Waals surface area contributed by atoms with Crippen LogP contribution in [-0.2, 0) is 0 Å². The molecule has 0 amide bonds. The van der Waals surface area contributed by atoms with Gasteiger partial charge in [0.15, 0.2) is 11.5 Å². The Hall–Kier alpha value is -0.900. The lowest BCUT2D eigenvalue weighted by Crippen LogP contribution is -2.18. The SMILES string of the molecule is CCCCC(C)Nc1cc2c(cc1Br)OCCO2. The number of benzene rings is 1. The minimum atomic E-state index is 0.462. The second kappa shape index (κ2) is 6.32. The van der Waals surface area contributed by atoms with E-state index in [2.05, 4.69) is 35.1 Å². The van der Waals surface area contributed by atoms with Crippen LogP contribution in [0.2, 0.25) is 0 Å². The number of halogens is 1. The van der Waals surface area contributed by atoms with Gasteiger partial charge in [-0.05, 0) is 29.3 Å². The highest BCUT2D eigenvalue weighted by molar-refractivity contribution is 9.10. The molecule has 1 N–H and O–H groups in total. The lowest BCUT2D eigenvalue weighted by atomic mass is 10.1. The summed E-state index contributed by atoms with van der Waals surface area (Å²) in [6.07, 6.45) is 3.65. The molecule has 0 radical (unpaired) electrons. The first-order chi connectivity index (χ1) is 8.70. The molecular weight excluding hydrogens is 294 g/mol. The van der Waals surface area contributed by atoms with E-state index in [0.29, 0.717) is 19.3 Å². The quantitative estimate of drug-likeness (QED) is 0.883. The summed E-state index contributed by atoms with van der Waals surface area (Å²) in [5.74, 6) is 1.65. The first-order valence-electron chi connectivity index (χ1n) is 6.56. The number of nitrogens with one attached hydrogen (secondary N) is 1. The molecule has 4 heteroatoms. The molecule has 1 aromatic rings. The molecule has 18 heavy (non-hydrogen) atoms. The minimum Gasteiger partial charge on any atom is -0.486 e. The van der Waals surface area contributed by atoms with E-state index in [0.717, 1.165) is 21.7 Å². The zero-order valence-electron chi connectivity index (χ0n) is 11.0. The van der Waals surface area contributed by atoms with Gasteiger partial charge < -0.3 is 14.8 Å². The highest BCUT2D eigenvalue weighted by atomic mass is 79.9. The third-order valence-corrected chi connectivity index (χ3v) is 3.68. The maximum absolute atomic E-state index is 5.60. The summed E-state index contributed by atoms with van der Waals surface area (Å²) in [4.78, 5) is 0. The Bertz CT molecular complexity index is 409. The number of rotatable bonds is 5. The zero-order valence-corrected chi connectivity index (χ0v) is 12.5. The molecule has 0 fully saturated rings. The van der Waals surface area contributed by atoms with Crippen LogP contribution in [0.5, 0.6) is 11.5 Å². The van der Waals surface area contributed by atoms with E-state index in [1.807, 2.05) is 12.1 Å². The summed E-state index contributed by atoms with van der Waals surface area (Å²) in [5, 5.41) is 3.51. The predicted octanol–water partition coefficient (Wildman–Crippen LogP) is 4.21. The fourth-order valence-electron chi connectivity index (χ4n) is 2.02. The van der Waals surface area contributed by atoms with Crippen LogP contribution in [0.4, 0.5) is 5.69 Å². The molecule has 2 rings (SSSR count). The third kappa shape index (κ3) is 3.31. The third-order valence-electron chi connectivity index (χ3n) is 3.02. The molecule has 1 unspecified atom stereocenters. The van der Waals surface area contributed by atoms with Crippen LogP contribution in [-0.4, -0.2) is 19.3 Å². The molecule has 0 spiro atoms. The van der Waals surface area contributed by atoms with Crippen LogP contribution >= 0.6 is 15.9 Å². The van der Waals surface area contributed by atoms with Crippen molar-refractivity contribution in [1.82, 2.24) is 0 Å². The van der Waals surface area contributed by atoms with Gasteiger partial charge in [-0.2, -0.15) is 0 Å². The van der Waals surface area contributed by atoms with E-state index in [1.165, 1.54) is 19.3 Å². The topological polar surface area (TPSA) is 30.5 Å². The van der Waals surface area contributed by atoms with Crippen LogP contribution in [0.15, 0.2) is 16.6 Å². The molecule has 0 saturated heterocycles. The van der Waals surface area contributed by atoms with Crippen molar-refractivity contribution in [2.75, 3.05) is 18.5 Å². The van der Waals surface area contributed by atoms with Crippen molar-refractivity contribution in [2.24, 2.45) is 0 Å². The van der Waals surface area contributed by atoms with Gasteiger partial charge in [0.2, 0.25) is 0 Å². The van der Waals surface area contributed by atoms with Gasteiger partial charge in [-0.25, -0.2) is 0 Å². The monoisotopic (exact) mass is 313 g/mol. The standard InChI is InChI=1S/C14H20BrNO2/c1-3-4-5-10(2)16-12-9-14-13(8-11(12)15)17-6-7-18-14/h8-10,16H,3-7H2,1-2H3. The van der Waals surface area contributed by atoms with E-state index >= 15 is 0 Å².